The van der Waals surface area contributed by atoms with Gasteiger partial charge in [-0.3, -0.25) is 23.9 Å². The molecule has 14 heteroatoms. The number of Topliss-reactive ketones (excluding diaryl/α,β-unsaturated/α-hetero) is 1. The fraction of sp³-hybridized carbons (Fsp3) is 0.615. The maximum Gasteiger partial charge on any atom is 0.307 e. The van der Waals surface area contributed by atoms with Crippen molar-refractivity contribution < 1.29 is 46.5 Å². The molecule has 0 radical (unpaired) electrons. The number of hydrogen-bond acceptors (Lipinski definition) is 11. The van der Waals surface area contributed by atoms with Crippen LogP contribution in [0.1, 0.15) is 79.6 Å². The van der Waals surface area contributed by atoms with Crippen LogP contribution in [0.15, 0.2) is 42.6 Å². The second-order valence-electron chi connectivity index (χ2n) is 16.2. The number of allylic oxidation sites excluding steroid dienone is 1. The predicted molar refractivity (Wildman–Crippen MR) is 195 cm³/mol. The first kappa shape index (κ1) is 38.7. The van der Waals surface area contributed by atoms with E-state index in [9.17, 15) is 27.6 Å². The van der Waals surface area contributed by atoms with Gasteiger partial charge in [0, 0.05) is 24.4 Å². The van der Waals surface area contributed by atoms with Crippen molar-refractivity contribution in [2.24, 2.45) is 23.2 Å². The van der Waals surface area contributed by atoms with Crippen LogP contribution in [0.4, 0.5) is 0 Å². The van der Waals surface area contributed by atoms with Gasteiger partial charge in [-0.1, -0.05) is 19.1 Å². The number of fused-ring (bicyclic) bond motifs is 3. The number of ether oxygens (including phenoxy) is 4. The Labute approximate surface area is 311 Å². The van der Waals surface area contributed by atoms with Crippen molar-refractivity contribution in [1.29, 1.82) is 0 Å². The molecule has 3 fully saturated rings. The molecule has 6 rings (SSSR count). The van der Waals surface area contributed by atoms with E-state index >= 15 is 0 Å². The monoisotopic (exact) mass is 753 g/mol. The summed E-state index contributed by atoms with van der Waals surface area (Å²) in [5.74, 6) is -2.58. The Hall–Kier alpha value is -4.04. The standard InChI is InChI=1S/C39H51N3O10S/c1-23-16-24(2)50-15-7-8-26-20-39(26,37(46)41-53(47,48)29-10-11-29)21-33(43)32-18-28(22-42(32)36(45)31(23)19-34(44)52-38(3,4)5)51-35-30-12-9-27(49-6)17-25(30)13-14-40-35/h7-9,12-14,17,23-24,26,28-29,31-32H,10-11,15-16,18-22H2,1-6H3,(H,41,46)/b8-7-/t23-,24+,26-,28-,31+,32+,39-/m1/s1. The number of benzene rings is 1. The number of ketones is 1. The average Bonchev–Trinajstić information content (AvgIpc) is 4.01. The van der Waals surface area contributed by atoms with Crippen LogP contribution >= 0.6 is 0 Å². The Bertz CT molecular complexity index is 1890. The van der Waals surface area contributed by atoms with E-state index in [4.69, 9.17) is 18.9 Å². The van der Waals surface area contributed by atoms with E-state index in [-0.39, 0.29) is 56.6 Å². The van der Waals surface area contributed by atoms with Crippen LogP contribution in [0.25, 0.3) is 10.8 Å². The summed E-state index contributed by atoms with van der Waals surface area (Å²) in [4.78, 5) is 62.3. The fourth-order valence-electron chi connectivity index (χ4n) is 7.69. The van der Waals surface area contributed by atoms with Gasteiger partial charge in [-0.15, -0.1) is 0 Å². The molecule has 2 aliphatic heterocycles. The summed E-state index contributed by atoms with van der Waals surface area (Å²) in [5.41, 5.74) is -2.07. The third kappa shape index (κ3) is 8.86. The van der Waals surface area contributed by atoms with E-state index in [0.29, 0.717) is 30.9 Å². The maximum atomic E-state index is 14.8. The third-order valence-electron chi connectivity index (χ3n) is 10.8. The SMILES string of the molecule is COc1ccc2c(O[C@@H]3C[C@H]4C(=O)C[C@]5(C(=O)NS(=O)(=O)C6CC6)C[C@H]5/C=C\CO[C@@H](C)C[C@@H](C)[C@H](CC(=O)OC(C)(C)C)C(=O)N4C3)nccc2c1. The van der Waals surface area contributed by atoms with Crippen LogP contribution in [-0.4, -0.2) is 91.2 Å². The van der Waals surface area contributed by atoms with Crippen LogP contribution in [-0.2, 0) is 38.7 Å². The Balaban J connectivity index is 1.34. The number of esters is 1. The van der Waals surface area contributed by atoms with E-state index in [1.54, 1.807) is 46.2 Å². The van der Waals surface area contributed by atoms with Gasteiger partial charge in [-0.05, 0) is 94.9 Å². The molecule has 0 bridgehead atoms. The van der Waals surface area contributed by atoms with E-state index in [2.05, 4.69) is 9.71 Å². The van der Waals surface area contributed by atoms with Gasteiger partial charge in [0.25, 0.3) is 0 Å². The molecule has 7 atom stereocenters. The number of carbonyl (C=O) groups is 4. The zero-order valence-corrected chi connectivity index (χ0v) is 32.1. The molecule has 53 heavy (non-hydrogen) atoms. The van der Waals surface area contributed by atoms with Gasteiger partial charge in [0.2, 0.25) is 27.7 Å². The molecule has 1 aromatic heterocycles. The Morgan fingerprint density at radius 3 is 2.57 bits per heavy atom. The summed E-state index contributed by atoms with van der Waals surface area (Å²) >= 11 is 0. The van der Waals surface area contributed by atoms with E-state index in [1.807, 2.05) is 38.1 Å². The van der Waals surface area contributed by atoms with Crippen molar-refractivity contribution in [3.8, 4) is 11.6 Å². The summed E-state index contributed by atoms with van der Waals surface area (Å²) < 4.78 is 51.5. The Morgan fingerprint density at radius 2 is 1.87 bits per heavy atom. The van der Waals surface area contributed by atoms with Gasteiger partial charge in [0.15, 0.2) is 5.78 Å². The van der Waals surface area contributed by atoms with E-state index in [0.717, 1.165) is 10.8 Å². The fourth-order valence-corrected chi connectivity index (χ4v) is 9.08. The minimum Gasteiger partial charge on any atom is -0.497 e. The number of nitrogens with zero attached hydrogens (tertiary/aromatic N) is 2. The van der Waals surface area contributed by atoms with Gasteiger partial charge >= 0.3 is 5.97 Å². The third-order valence-corrected chi connectivity index (χ3v) is 12.6. The first-order chi connectivity index (χ1) is 25.0. The zero-order chi connectivity index (χ0) is 38.3. The maximum absolute atomic E-state index is 14.8. The smallest absolute Gasteiger partial charge is 0.307 e. The lowest BCUT2D eigenvalue weighted by molar-refractivity contribution is -0.160. The number of hydrogen-bond donors (Lipinski definition) is 1. The number of sulfonamides is 1. The minimum atomic E-state index is -3.87. The number of nitrogens with one attached hydrogen (secondary N) is 1. The van der Waals surface area contributed by atoms with Gasteiger partial charge in [-0.25, -0.2) is 13.4 Å². The normalized spacial score (nSPS) is 30.3. The van der Waals surface area contributed by atoms with Crippen LogP contribution in [0.3, 0.4) is 0 Å². The number of methoxy groups -OCH3 is 1. The number of rotatable bonds is 8. The number of aromatic nitrogens is 1. The molecule has 13 nitrogen and oxygen atoms in total. The first-order valence-corrected chi connectivity index (χ1v) is 20.0. The predicted octanol–water partition coefficient (Wildman–Crippen LogP) is 4.51. The zero-order valence-electron chi connectivity index (χ0n) is 31.3. The van der Waals surface area contributed by atoms with Gasteiger partial charge < -0.3 is 23.8 Å². The van der Waals surface area contributed by atoms with E-state index < -0.39 is 68.1 Å². The first-order valence-electron chi connectivity index (χ1n) is 18.5. The molecule has 288 valence electrons. The quantitative estimate of drug-likeness (QED) is 0.298. The topological polar surface area (TPSA) is 168 Å². The summed E-state index contributed by atoms with van der Waals surface area (Å²) in [6.45, 7) is 9.33. The summed E-state index contributed by atoms with van der Waals surface area (Å²) in [6, 6.07) is 6.33. The summed E-state index contributed by atoms with van der Waals surface area (Å²) in [6.07, 6.45) is 5.63. The second kappa shape index (κ2) is 15.0. The molecule has 0 unspecified atom stereocenters. The lowest BCUT2D eigenvalue weighted by atomic mass is 9.85. The molecule has 1 N–H and O–H groups in total. The molecule has 1 aromatic carbocycles. The lowest BCUT2D eigenvalue weighted by Crippen LogP contribution is -2.48. The molecule has 2 aliphatic carbocycles. The van der Waals surface area contributed by atoms with Crippen molar-refractivity contribution in [3.05, 3.63) is 42.6 Å². The molecular formula is C39H51N3O10S. The Morgan fingerprint density at radius 1 is 1.11 bits per heavy atom. The second-order valence-corrected chi connectivity index (χ2v) is 18.1. The number of pyridine rings is 1. The Kier molecular flexibility index (Phi) is 10.9. The molecule has 2 amide bonds. The summed E-state index contributed by atoms with van der Waals surface area (Å²) in [7, 11) is -2.29. The largest absolute Gasteiger partial charge is 0.497 e. The molecule has 3 heterocycles. The van der Waals surface area contributed by atoms with Crippen LogP contribution in [0.2, 0.25) is 0 Å². The molecule has 4 aliphatic rings. The van der Waals surface area contributed by atoms with E-state index in [1.165, 1.54) is 4.90 Å². The number of amides is 2. The van der Waals surface area contributed by atoms with Gasteiger partial charge in [0.1, 0.15) is 17.5 Å². The molecule has 1 saturated heterocycles. The van der Waals surface area contributed by atoms with Gasteiger partial charge in [-0.2, -0.15) is 0 Å². The molecular weight excluding hydrogens is 703 g/mol. The molecule has 2 saturated carbocycles. The summed E-state index contributed by atoms with van der Waals surface area (Å²) in [5, 5.41) is 0.941. The highest BCUT2D eigenvalue weighted by molar-refractivity contribution is 7.90. The highest BCUT2D eigenvalue weighted by atomic mass is 32.2. The highest BCUT2D eigenvalue weighted by Crippen LogP contribution is 2.57. The van der Waals surface area contributed by atoms with Crippen LogP contribution < -0.4 is 14.2 Å². The molecule has 0 spiro atoms. The number of carbonyl (C=O) groups excluding carboxylic acids is 4. The van der Waals surface area contributed by atoms with Crippen molar-refractivity contribution in [2.45, 2.75) is 109 Å². The van der Waals surface area contributed by atoms with Crippen molar-refractivity contribution in [3.63, 3.8) is 0 Å². The van der Waals surface area contributed by atoms with Crippen LogP contribution in [0.5, 0.6) is 11.6 Å². The van der Waals surface area contributed by atoms with Crippen LogP contribution in [0, 0.1) is 23.2 Å². The lowest BCUT2D eigenvalue weighted by Gasteiger charge is -2.32. The van der Waals surface area contributed by atoms with Gasteiger partial charge in [0.05, 0.1) is 55.4 Å². The van der Waals surface area contributed by atoms with Crippen molar-refractivity contribution >= 4 is 44.4 Å². The highest BCUT2D eigenvalue weighted by Gasteiger charge is 2.61. The minimum absolute atomic E-state index is 0.0334. The molecule has 2 aromatic rings. The van der Waals surface area contributed by atoms with Crippen molar-refractivity contribution in [1.82, 2.24) is 14.6 Å². The van der Waals surface area contributed by atoms with Crippen molar-refractivity contribution in [2.75, 3.05) is 20.3 Å². The average molecular weight is 754 g/mol.